The first-order valence-corrected chi connectivity index (χ1v) is 9.16. The van der Waals surface area contributed by atoms with Crippen molar-refractivity contribution in [3.05, 3.63) is 76.5 Å². The maximum Gasteiger partial charge on any atom is 0.340 e. The van der Waals surface area contributed by atoms with E-state index >= 15 is 0 Å². The summed E-state index contributed by atoms with van der Waals surface area (Å²) in [5.41, 5.74) is 2.85. The largest absolute Gasteiger partial charge is 0.462 e. The molecule has 0 unspecified atom stereocenters. The van der Waals surface area contributed by atoms with Crippen LogP contribution in [0.15, 0.2) is 42.5 Å². The van der Waals surface area contributed by atoms with E-state index in [0.29, 0.717) is 16.8 Å². The maximum absolute atomic E-state index is 14.0. The van der Waals surface area contributed by atoms with Crippen molar-refractivity contribution in [3.8, 4) is 0 Å². The van der Waals surface area contributed by atoms with Gasteiger partial charge in [-0.2, -0.15) is 0 Å². The van der Waals surface area contributed by atoms with Crippen LogP contribution in [0.25, 0.3) is 10.9 Å². The van der Waals surface area contributed by atoms with Gasteiger partial charge in [0.05, 0.1) is 23.4 Å². The van der Waals surface area contributed by atoms with Crippen LogP contribution in [0.3, 0.4) is 0 Å². The van der Waals surface area contributed by atoms with Crippen molar-refractivity contribution in [2.75, 3.05) is 6.61 Å². The molecule has 0 aliphatic heterocycles. The summed E-state index contributed by atoms with van der Waals surface area (Å²) < 4.78 is 32.4. The number of carbonyl (C=O) groups is 1. The molecule has 1 atom stereocenters. The number of para-hydroxylation sites is 1. The lowest BCUT2D eigenvalue weighted by Crippen LogP contribution is -2.23. The van der Waals surface area contributed by atoms with E-state index in [-0.39, 0.29) is 13.2 Å². The van der Waals surface area contributed by atoms with Crippen molar-refractivity contribution >= 4 is 16.9 Å². The molecule has 0 saturated carbocycles. The Kier molecular flexibility index (Phi) is 5.99. The first-order valence-electron chi connectivity index (χ1n) is 9.16. The predicted molar refractivity (Wildman–Crippen MR) is 104 cm³/mol. The number of rotatable bonds is 6. The van der Waals surface area contributed by atoms with Gasteiger partial charge in [-0.3, -0.25) is 4.98 Å². The third kappa shape index (κ3) is 4.02. The van der Waals surface area contributed by atoms with Gasteiger partial charge >= 0.3 is 5.97 Å². The number of esters is 1. The minimum atomic E-state index is -0.620. The highest BCUT2D eigenvalue weighted by Crippen LogP contribution is 2.25. The van der Waals surface area contributed by atoms with Crippen LogP contribution >= 0.6 is 0 Å². The Morgan fingerprint density at radius 2 is 1.96 bits per heavy atom. The van der Waals surface area contributed by atoms with Gasteiger partial charge in [0.1, 0.15) is 11.6 Å². The fraction of sp³-hybridized carbons (Fsp3) is 0.273. The number of aromatic nitrogens is 1. The molecule has 0 aliphatic carbocycles. The summed E-state index contributed by atoms with van der Waals surface area (Å²) in [6, 6.07) is 10.7. The first kappa shape index (κ1) is 19.9. The molecule has 146 valence electrons. The van der Waals surface area contributed by atoms with Gasteiger partial charge in [0.15, 0.2) is 0 Å². The Morgan fingerprint density at radius 3 is 2.68 bits per heavy atom. The normalized spacial score (nSPS) is 12.2. The Hall–Kier alpha value is -2.86. The number of halogens is 2. The third-order valence-electron chi connectivity index (χ3n) is 4.71. The van der Waals surface area contributed by atoms with Crippen LogP contribution < -0.4 is 5.32 Å². The number of carbonyl (C=O) groups excluding carboxylic acids is 1. The molecule has 3 rings (SSSR count). The number of ether oxygens (including phenoxy) is 1. The number of nitrogens with zero attached hydrogens (tertiary/aromatic N) is 1. The molecule has 6 heteroatoms. The van der Waals surface area contributed by atoms with Crippen molar-refractivity contribution in [2.24, 2.45) is 0 Å². The lowest BCUT2D eigenvalue weighted by Gasteiger charge is -2.18. The molecule has 0 amide bonds. The van der Waals surface area contributed by atoms with Crippen molar-refractivity contribution in [1.82, 2.24) is 10.3 Å². The highest BCUT2D eigenvalue weighted by atomic mass is 19.1. The van der Waals surface area contributed by atoms with Crippen molar-refractivity contribution < 1.29 is 18.3 Å². The smallest absolute Gasteiger partial charge is 0.340 e. The zero-order valence-electron chi connectivity index (χ0n) is 16.1. The third-order valence-corrected chi connectivity index (χ3v) is 4.71. The zero-order chi connectivity index (χ0) is 20.3. The standard InChI is InChI=1S/C22H22F2N2O2/c1-4-28-22(27)21-13(2)16-7-5-6-8-19(16)26-20(21)12-25-14(3)17-10-9-15(23)11-18(17)24/h5-11,14,25H,4,12H2,1-3H3/t14-/m0/s1. The molecular formula is C22H22F2N2O2. The molecule has 0 radical (unpaired) electrons. The quantitative estimate of drug-likeness (QED) is 0.618. The maximum atomic E-state index is 14.0. The van der Waals surface area contributed by atoms with E-state index in [1.807, 2.05) is 31.2 Å². The fourth-order valence-electron chi connectivity index (χ4n) is 3.26. The fourth-order valence-corrected chi connectivity index (χ4v) is 3.26. The summed E-state index contributed by atoms with van der Waals surface area (Å²) >= 11 is 0. The van der Waals surface area contributed by atoms with Crippen LogP contribution in [0.4, 0.5) is 8.78 Å². The van der Waals surface area contributed by atoms with E-state index in [1.54, 1.807) is 13.8 Å². The van der Waals surface area contributed by atoms with E-state index in [1.165, 1.54) is 12.1 Å². The molecule has 28 heavy (non-hydrogen) atoms. The van der Waals surface area contributed by atoms with Crippen LogP contribution in [0.5, 0.6) is 0 Å². The van der Waals surface area contributed by atoms with E-state index < -0.39 is 23.6 Å². The summed E-state index contributed by atoms with van der Waals surface area (Å²) in [5, 5.41) is 4.05. The van der Waals surface area contributed by atoms with E-state index in [9.17, 15) is 13.6 Å². The van der Waals surface area contributed by atoms with Gasteiger partial charge in [0.25, 0.3) is 0 Å². The summed E-state index contributed by atoms with van der Waals surface area (Å²) in [7, 11) is 0. The van der Waals surface area contributed by atoms with Crippen LogP contribution in [0, 0.1) is 18.6 Å². The molecule has 4 nitrogen and oxygen atoms in total. The van der Waals surface area contributed by atoms with Gasteiger partial charge in [-0.1, -0.05) is 24.3 Å². The minimum absolute atomic E-state index is 0.234. The van der Waals surface area contributed by atoms with Crippen LogP contribution in [-0.2, 0) is 11.3 Å². The van der Waals surface area contributed by atoms with E-state index in [0.717, 1.165) is 22.5 Å². The Morgan fingerprint density at radius 1 is 1.21 bits per heavy atom. The lowest BCUT2D eigenvalue weighted by molar-refractivity contribution is 0.0523. The highest BCUT2D eigenvalue weighted by molar-refractivity contribution is 5.98. The monoisotopic (exact) mass is 384 g/mol. The lowest BCUT2D eigenvalue weighted by atomic mass is 10.0. The van der Waals surface area contributed by atoms with Gasteiger partial charge in [-0.05, 0) is 38.5 Å². The molecular weight excluding hydrogens is 362 g/mol. The van der Waals surface area contributed by atoms with Crippen LogP contribution in [0.1, 0.15) is 47.1 Å². The molecule has 0 fully saturated rings. The van der Waals surface area contributed by atoms with Gasteiger partial charge in [0.2, 0.25) is 0 Å². The summed E-state index contributed by atoms with van der Waals surface area (Å²) in [4.78, 5) is 17.2. The Bertz CT molecular complexity index is 1020. The molecule has 0 saturated heterocycles. The summed E-state index contributed by atoms with van der Waals surface area (Å²) in [5.74, 6) is -1.67. The minimum Gasteiger partial charge on any atom is -0.462 e. The molecule has 2 aromatic carbocycles. The van der Waals surface area contributed by atoms with Crippen LogP contribution in [-0.4, -0.2) is 17.6 Å². The van der Waals surface area contributed by atoms with Crippen molar-refractivity contribution in [2.45, 2.75) is 33.4 Å². The average Bonchev–Trinajstić information content (AvgIpc) is 2.66. The Balaban J connectivity index is 1.94. The van der Waals surface area contributed by atoms with E-state index in [2.05, 4.69) is 10.3 Å². The number of hydrogen-bond acceptors (Lipinski definition) is 4. The molecule has 0 spiro atoms. The Labute approximate surface area is 162 Å². The van der Waals surface area contributed by atoms with Gasteiger partial charge in [-0.25, -0.2) is 13.6 Å². The molecule has 1 heterocycles. The topological polar surface area (TPSA) is 51.2 Å². The molecule has 0 aliphatic rings. The number of nitrogens with one attached hydrogen (secondary N) is 1. The second kappa shape index (κ2) is 8.44. The number of pyridine rings is 1. The zero-order valence-corrected chi connectivity index (χ0v) is 16.1. The van der Waals surface area contributed by atoms with Crippen LogP contribution in [0.2, 0.25) is 0 Å². The molecule has 1 N–H and O–H groups in total. The number of benzene rings is 2. The summed E-state index contributed by atoms with van der Waals surface area (Å²) in [6.07, 6.45) is 0. The van der Waals surface area contributed by atoms with Gasteiger partial charge < -0.3 is 10.1 Å². The average molecular weight is 384 g/mol. The second-order valence-corrected chi connectivity index (χ2v) is 6.56. The van der Waals surface area contributed by atoms with Crippen molar-refractivity contribution in [3.63, 3.8) is 0 Å². The molecule has 0 bridgehead atoms. The molecule has 3 aromatic rings. The number of hydrogen-bond donors (Lipinski definition) is 1. The van der Waals surface area contributed by atoms with E-state index in [4.69, 9.17) is 4.74 Å². The highest BCUT2D eigenvalue weighted by Gasteiger charge is 2.21. The molecule has 1 aromatic heterocycles. The predicted octanol–water partition coefficient (Wildman–Crippen LogP) is 4.85. The first-order chi connectivity index (χ1) is 13.4. The second-order valence-electron chi connectivity index (χ2n) is 6.56. The summed E-state index contributed by atoms with van der Waals surface area (Å²) in [6.45, 7) is 5.88. The SMILES string of the molecule is CCOC(=O)c1c(CN[C@@H](C)c2ccc(F)cc2F)nc2ccccc2c1C. The van der Waals surface area contributed by atoms with Gasteiger partial charge in [-0.15, -0.1) is 0 Å². The van der Waals surface area contributed by atoms with Gasteiger partial charge in [0, 0.05) is 29.6 Å². The van der Waals surface area contributed by atoms with Crippen molar-refractivity contribution in [1.29, 1.82) is 0 Å². The number of fused-ring (bicyclic) bond motifs is 1. The number of aryl methyl sites for hydroxylation is 1.